The van der Waals surface area contributed by atoms with E-state index in [1.54, 1.807) is 5.38 Å². The zero-order chi connectivity index (χ0) is 14.4. The Morgan fingerprint density at radius 1 is 1.30 bits per heavy atom. The summed E-state index contributed by atoms with van der Waals surface area (Å²) >= 11 is 7.86. The van der Waals surface area contributed by atoms with Crippen LogP contribution in [0.1, 0.15) is 16.1 Å². The summed E-state index contributed by atoms with van der Waals surface area (Å²) in [6.45, 7) is 4.19. The Hall–Kier alpha value is -1.51. The molecule has 5 nitrogen and oxygen atoms in total. The van der Waals surface area contributed by atoms with Crippen LogP contribution in [0.25, 0.3) is 10.2 Å². The highest BCUT2D eigenvalue weighted by atomic mass is 32.1. The number of fused-ring (bicyclic) bond motifs is 1. The summed E-state index contributed by atoms with van der Waals surface area (Å²) in [5.41, 5.74) is 1.55. The highest BCUT2D eigenvalue weighted by Crippen LogP contribution is 2.25. The highest BCUT2D eigenvalue weighted by Gasteiger charge is 2.13. The molecule has 0 saturated carbocycles. The van der Waals surface area contributed by atoms with Gasteiger partial charge in [-0.1, -0.05) is 11.3 Å². The van der Waals surface area contributed by atoms with Crippen LogP contribution in [0.2, 0.25) is 0 Å². The molecule has 3 aromatic rings. The summed E-state index contributed by atoms with van der Waals surface area (Å²) in [6, 6.07) is 0. The second-order valence-electron chi connectivity index (χ2n) is 4.48. The number of thiazole rings is 1. The molecule has 0 aliphatic heterocycles. The van der Waals surface area contributed by atoms with Crippen molar-refractivity contribution in [1.82, 2.24) is 14.5 Å². The molecule has 104 valence electrons. The SMILES string of the molecule is Cc1sc2[nH]c(=S)n(Cc3csc(=O)[nH]3)c(=O)c2c1C. The van der Waals surface area contributed by atoms with E-state index < -0.39 is 0 Å². The molecule has 0 aliphatic rings. The Balaban J connectivity index is 2.25. The first kappa shape index (κ1) is 13.5. The van der Waals surface area contributed by atoms with Crippen molar-refractivity contribution in [2.24, 2.45) is 0 Å². The smallest absolute Gasteiger partial charge is 0.304 e. The number of aryl methyl sites for hydroxylation is 2. The Kier molecular flexibility index (Phi) is 3.23. The van der Waals surface area contributed by atoms with Crippen molar-refractivity contribution >= 4 is 45.1 Å². The summed E-state index contributed by atoms with van der Waals surface area (Å²) in [4.78, 5) is 31.3. The van der Waals surface area contributed by atoms with E-state index in [1.807, 2.05) is 13.8 Å². The van der Waals surface area contributed by atoms with Gasteiger partial charge in [0.05, 0.1) is 11.9 Å². The van der Waals surface area contributed by atoms with Gasteiger partial charge in [0.1, 0.15) is 4.83 Å². The van der Waals surface area contributed by atoms with Crippen LogP contribution < -0.4 is 10.4 Å². The van der Waals surface area contributed by atoms with E-state index in [-0.39, 0.29) is 17.0 Å². The van der Waals surface area contributed by atoms with Crippen LogP contribution in [0, 0.1) is 18.6 Å². The topological polar surface area (TPSA) is 70.7 Å². The van der Waals surface area contributed by atoms with Crippen LogP contribution in [0.15, 0.2) is 15.0 Å². The number of H-pyrrole nitrogens is 2. The molecule has 0 aromatic carbocycles. The van der Waals surface area contributed by atoms with Gasteiger partial charge >= 0.3 is 4.87 Å². The van der Waals surface area contributed by atoms with Crippen molar-refractivity contribution in [1.29, 1.82) is 0 Å². The van der Waals surface area contributed by atoms with E-state index in [2.05, 4.69) is 9.97 Å². The van der Waals surface area contributed by atoms with Gasteiger partial charge in [-0.05, 0) is 31.6 Å². The molecule has 0 radical (unpaired) electrons. The first-order valence-corrected chi connectivity index (χ1v) is 7.97. The third-order valence-electron chi connectivity index (χ3n) is 3.21. The highest BCUT2D eigenvalue weighted by molar-refractivity contribution is 7.71. The molecule has 3 aromatic heterocycles. The summed E-state index contributed by atoms with van der Waals surface area (Å²) in [5.74, 6) is 0. The normalized spacial score (nSPS) is 11.3. The molecule has 0 atom stereocenters. The first-order chi connectivity index (χ1) is 9.47. The van der Waals surface area contributed by atoms with Gasteiger partial charge in [-0.25, -0.2) is 0 Å². The maximum absolute atomic E-state index is 12.6. The molecule has 8 heteroatoms. The van der Waals surface area contributed by atoms with Crippen LogP contribution in [-0.2, 0) is 6.54 Å². The molecule has 20 heavy (non-hydrogen) atoms. The lowest BCUT2D eigenvalue weighted by Gasteiger charge is -2.05. The molecule has 0 bridgehead atoms. The lowest BCUT2D eigenvalue weighted by Crippen LogP contribution is -2.23. The molecule has 0 fully saturated rings. The summed E-state index contributed by atoms with van der Waals surface area (Å²) < 4.78 is 1.85. The molecule has 3 rings (SSSR count). The standard InChI is InChI=1S/C12H11N3O2S3/c1-5-6(2)20-9-8(5)10(16)15(11(18)14-9)3-7-4-19-12(17)13-7/h4H,3H2,1-2H3,(H,13,17)(H,14,18). The Bertz CT molecular complexity index is 970. The molecule has 0 amide bonds. The van der Waals surface area contributed by atoms with Crippen molar-refractivity contribution < 1.29 is 0 Å². The molecule has 2 N–H and O–H groups in total. The van der Waals surface area contributed by atoms with Gasteiger partial charge in [0.25, 0.3) is 5.56 Å². The largest absolute Gasteiger partial charge is 0.323 e. The number of aromatic amines is 2. The third-order valence-corrected chi connectivity index (χ3v) is 5.37. The summed E-state index contributed by atoms with van der Waals surface area (Å²) in [6.07, 6.45) is 0. The second-order valence-corrected chi connectivity index (χ2v) is 6.94. The Morgan fingerprint density at radius 2 is 2.05 bits per heavy atom. The van der Waals surface area contributed by atoms with Crippen LogP contribution in [0.3, 0.4) is 0 Å². The second kappa shape index (κ2) is 4.80. The fourth-order valence-electron chi connectivity index (χ4n) is 2.07. The monoisotopic (exact) mass is 325 g/mol. The Morgan fingerprint density at radius 3 is 2.70 bits per heavy atom. The Labute approximate surface area is 126 Å². The van der Waals surface area contributed by atoms with Crippen molar-refractivity contribution in [2.75, 3.05) is 0 Å². The fraction of sp³-hybridized carbons (Fsp3) is 0.250. The van der Waals surface area contributed by atoms with E-state index in [0.717, 1.165) is 26.6 Å². The van der Waals surface area contributed by atoms with Gasteiger partial charge in [0.15, 0.2) is 4.77 Å². The zero-order valence-corrected chi connectivity index (χ0v) is 13.2. The minimum Gasteiger partial charge on any atom is -0.323 e. The average Bonchev–Trinajstić information content (AvgIpc) is 2.90. The molecule has 0 spiro atoms. The molecular weight excluding hydrogens is 314 g/mol. The van der Waals surface area contributed by atoms with Gasteiger partial charge in [-0.2, -0.15) is 0 Å². The maximum Gasteiger partial charge on any atom is 0.304 e. The molecular formula is C12H11N3O2S3. The third kappa shape index (κ3) is 2.09. The van der Waals surface area contributed by atoms with E-state index in [0.29, 0.717) is 15.9 Å². The van der Waals surface area contributed by atoms with Crippen molar-refractivity contribution in [3.63, 3.8) is 0 Å². The zero-order valence-electron chi connectivity index (χ0n) is 10.8. The predicted octanol–water partition coefficient (Wildman–Crippen LogP) is 2.54. The van der Waals surface area contributed by atoms with E-state index >= 15 is 0 Å². The first-order valence-electron chi connectivity index (χ1n) is 5.87. The van der Waals surface area contributed by atoms with Crippen molar-refractivity contribution in [2.45, 2.75) is 20.4 Å². The predicted molar refractivity (Wildman–Crippen MR) is 84.8 cm³/mol. The molecule has 0 unspecified atom stereocenters. The summed E-state index contributed by atoms with van der Waals surface area (Å²) in [5, 5.41) is 2.39. The number of nitrogens with one attached hydrogen (secondary N) is 2. The lowest BCUT2D eigenvalue weighted by atomic mass is 10.2. The van der Waals surface area contributed by atoms with Gasteiger partial charge in [0.2, 0.25) is 0 Å². The van der Waals surface area contributed by atoms with Crippen LogP contribution in [-0.4, -0.2) is 14.5 Å². The maximum atomic E-state index is 12.6. The number of aromatic nitrogens is 3. The van der Waals surface area contributed by atoms with Gasteiger partial charge < -0.3 is 9.97 Å². The summed E-state index contributed by atoms with van der Waals surface area (Å²) in [7, 11) is 0. The number of thiophene rings is 1. The number of nitrogens with zero attached hydrogens (tertiary/aromatic N) is 1. The average molecular weight is 325 g/mol. The van der Waals surface area contributed by atoms with Gasteiger partial charge in [0, 0.05) is 16.0 Å². The van der Waals surface area contributed by atoms with E-state index in [1.165, 1.54) is 15.9 Å². The number of hydrogen-bond donors (Lipinski definition) is 2. The van der Waals surface area contributed by atoms with Crippen LogP contribution in [0.4, 0.5) is 0 Å². The van der Waals surface area contributed by atoms with Gasteiger partial charge in [-0.15, -0.1) is 11.3 Å². The number of hydrogen-bond acceptors (Lipinski definition) is 5. The van der Waals surface area contributed by atoms with Gasteiger partial charge in [-0.3, -0.25) is 14.2 Å². The van der Waals surface area contributed by atoms with E-state index in [9.17, 15) is 9.59 Å². The number of rotatable bonds is 2. The van der Waals surface area contributed by atoms with E-state index in [4.69, 9.17) is 12.2 Å². The molecule has 3 heterocycles. The van der Waals surface area contributed by atoms with Crippen molar-refractivity contribution in [3.05, 3.63) is 46.3 Å². The lowest BCUT2D eigenvalue weighted by molar-refractivity contribution is 0.720. The fourth-order valence-corrected chi connectivity index (χ4v) is 4.01. The van der Waals surface area contributed by atoms with Crippen LogP contribution in [0.5, 0.6) is 0 Å². The quantitative estimate of drug-likeness (QED) is 0.711. The molecule has 0 aliphatic carbocycles. The van der Waals surface area contributed by atoms with Crippen molar-refractivity contribution in [3.8, 4) is 0 Å². The minimum absolute atomic E-state index is 0.113. The van der Waals surface area contributed by atoms with Crippen LogP contribution >= 0.6 is 34.9 Å². The minimum atomic E-state index is -0.133. The molecule has 0 saturated heterocycles.